The van der Waals surface area contributed by atoms with E-state index in [9.17, 15) is 14.4 Å². The van der Waals surface area contributed by atoms with Crippen molar-refractivity contribution in [3.63, 3.8) is 0 Å². The van der Waals surface area contributed by atoms with E-state index in [0.717, 1.165) is 32.1 Å². The minimum Gasteiger partial charge on any atom is -0.322 e. The Labute approximate surface area is 123 Å². The van der Waals surface area contributed by atoms with E-state index in [4.69, 9.17) is 0 Å². The average Bonchev–Trinajstić information content (AvgIpc) is 2.53. The summed E-state index contributed by atoms with van der Waals surface area (Å²) >= 11 is 0. The highest BCUT2D eigenvalue weighted by atomic mass is 16.2. The molecule has 0 radical (unpaired) electrons. The van der Waals surface area contributed by atoms with Gasteiger partial charge in [0, 0.05) is 23.1 Å². The van der Waals surface area contributed by atoms with Crippen molar-refractivity contribution in [2.45, 2.75) is 32.1 Å². The SMILES string of the molecule is O=C1C=C(NC(=O)C2CCCCC2)C(=O)c2ccccc21. The van der Waals surface area contributed by atoms with Gasteiger partial charge in [-0.05, 0) is 12.8 Å². The summed E-state index contributed by atoms with van der Waals surface area (Å²) in [6, 6.07) is 6.69. The lowest BCUT2D eigenvalue weighted by Crippen LogP contribution is -2.36. The van der Waals surface area contributed by atoms with Crippen LogP contribution in [0.4, 0.5) is 0 Å². The number of ketones is 2. The summed E-state index contributed by atoms with van der Waals surface area (Å²) in [4.78, 5) is 36.6. The van der Waals surface area contributed by atoms with Crippen LogP contribution in [0, 0.1) is 5.92 Å². The molecule has 4 nitrogen and oxygen atoms in total. The van der Waals surface area contributed by atoms with Crippen molar-refractivity contribution >= 4 is 17.5 Å². The van der Waals surface area contributed by atoms with Gasteiger partial charge in [-0.1, -0.05) is 43.5 Å². The van der Waals surface area contributed by atoms with Crippen LogP contribution < -0.4 is 5.32 Å². The quantitative estimate of drug-likeness (QED) is 0.907. The molecule has 2 aliphatic carbocycles. The van der Waals surface area contributed by atoms with Gasteiger partial charge in [0.05, 0.1) is 5.70 Å². The van der Waals surface area contributed by atoms with Crippen LogP contribution in [-0.2, 0) is 4.79 Å². The molecule has 21 heavy (non-hydrogen) atoms. The summed E-state index contributed by atoms with van der Waals surface area (Å²) in [5.41, 5.74) is 0.872. The minimum atomic E-state index is -0.283. The Balaban J connectivity index is 1.79. The third kappa shape index (κ3) is 2.66. The lowest BCUT2D eigenvalue weighted by atomic mass is 9.88. The van der Waals surface area contributed by atoms with Crippen molar-refractivity contribution in [1.82, 2.24) is 5.32 Å². The first-order chi connectivity index (χ1) is 10.2. The van der Waals surface area contributed by atoms with Gasteiger partial charge < -0.3 is 5.32 Å². The van der Waals surface area contributed by atoms with Crippen LogP contribution in [0.1, 0.15) is 52.8 Å². The molecule has 1 amide bonds. The minimum absolute atomic E-state index is 0.0419. The van der Waals surface area contributed by atoms with Crippen molar-refractivity contribution < 1.29 is 14.4 Å². The second-order valence-electron chi connectivity index (χ2n) is 5.62. The highest BCUT2D eigenvalue weighted by molar-refractivity contribution is 6.25. The highest BCUT2D eigenvalue weighted by Crippen LogP contribution is 2.25. The molecule has 0 spiro atoms. The number of benzene rings is 1. The van der Waals surface area contributed by atoms with E-state index < -0.39 is 0 Å². The van der Waals surface area contributed by atoms with E-state index in [1.807, 2.05) is 0 Å². The molecule has 1 fully saturated rings. The number of hydrogen-bond acceptors (Lipinski definition) is 3. The molecule has 0 atom stereocenters. The molecular weight excluding hydrogens is 266 g/mol. The van der Waals surface area contributed by atoms with Gasteiger partial charge in [0.2, 0.25) is 11.7 Å². The number of rotatable bonds is 2. The highest BCUT2D eigenvalue weighted by Gasteiger charge is 2.28. The molecule has 0 aromatic heterocycles. The number of nitrogens with one attached hydrogen (secondary N) is 1. The van der Waals surface area contributed by atoms with Gasteiger partial charge in [0.1, 0.15) is 0 Å². The second-order valence-corrected chi connectivity index (χ2v) is 5.62. The van der Waals surface area contributed by atoms with Gasteiger partial charge in [-0.3, -0.25) is 14.4 Å². The molecule has 3 rings (SSSR count). The van der Waals surface area contributed by atoms with E-state index in [1.165, 1.54) is 6.08 Å². The van der Waals surface area contributed by atoms with Crippen molar-refractivity contribution in [2.24, 2.45) is 5.92 Å². The maximum Gasteiger partial charge on any atom is 0.227 e. The average molecular weight is 283 g/mol. The Bertz CT molecular complexity index is 639. The number of fused-ring (bicyclic) bond motifs is 1. The Morgan fingerprint density at radius 1 is 1.00 bits per heavy atom. The number of amides is 1. The van der Waals surface area contributed by atoms with E-state index >= 15 is 0 Å². The van der Waals surface area contributed by atoms with E-state index in [1.54, 1.807) is 24.3 Å². The van der Waals surface area contributed by atoms with Gasteiger partial charge in [-0.25, -0.2) is 0 Å². The third-order valence-electron chi connectivity index (χ3n) is 4.19. The predicted octanol–water partition coefficient (Wildman–Crippen LogP) is 2.65. The summed E-state index contributed by atoms with van der Waals surface area (Å²) in [5.74, 6) is -0.695. The maximum atomic E-state index is 12.3. The topological polar surface area (TPSA) is 63.2 Å². The summed E-state index contributed by atoms with van der Waals surface area (Å²) in [6.45, 7) is 0. The predicted molar refractivity (Wildman–Crippen MR) is 77.9 cm³/mol. The summed E-state index contributed by atoms with van der Waals surface area (Å²) < 4.78 is 0. The van der Waals surface area contributed by atoms with Crippen molar-refractivity contribution in [1.29, 1.82) is 0 Å². The van der Waals surface area contributed by atoms with E-state index in [-0.39, 0.29) is 29.1 Å². The number of Topliss-reactive ketones (excluding diaryl/α,β-unsaturated/α-hetero) is 1. The largest absolute Gasteiger partial charge is 0.322 e. The fourth-order valence-corrected chi connectivity index (χ4v) is 3.01. The molecule has 4 heteroatoms. The molecule has 0 bridgehead atoms. The molecule has 1 aromatic rings. The Hall–Kier alpha value is -2.23. The Kier molecular flexibility index (Phi) is 3.69. The molecule has 0 aliphatic heterocycles. The summed E-state index contributed by atoms with van der Waals surface area (Å²) in [6.07, 6.45) is 6.22. The van der Waals surface area contributed by atoms with Gasteiger partial charge in [-0.15, -0.1) is 0 Å². The van der Waals surface area contributed by atoms with Crippen LogP contribution in [0.25, 0.3) is 0 Å². The molecule has 2 aliphatic rings. The standard InChI is InChI=1S/C17H17NO3/c19-15-10-14(16(20)13-9-5-4-8-12(13)15)18-17(21)11-6-2-1-3-7-11/h4-5,8-11H,1-3,6-7H2,(H,18,21). The first kappa shape index (κ1) is 13.7. The third-order valence-corrected chi connectivity index (χ3v) is 4.19. The van der Waals surface area contributed by atoms with Crippen LogP contribution in [0.15, 0.2) is 36.0 Å². The molecule has 1 saturated carbocycles. The monoisotopic (exact) mass is 283 g/mol. The Morgan fingerprint density at radius 3 is 2.38 bits per heavy atom. The number of hydrogen-bond donors (Lipinski definition) is 1. The normalized spacial score (nSPS) is 19.0. The molecule has 0 saturated heterocycles. The fourth-order valence-electron chi connectivity index (χ4n) is 3.01. The number of carbonyl (C=O) groups excluding carboxylic acids is 3. The second kappa shape index (κ2) is 5.64. The first-order valence-corrected chi connectivity index (χ1v) is 7.37. The van der Waals surface area contributed by atoms with Crippen LogP contribution >= 0.6 is 0 Å². The fraction of sp³-hybridized carbons (Fsp3) is 0.353. The zero-order chi connectivity index (χ0) is 14.8. The smallest absolute Gasteiger partial charge is 0.227 e. The summed E-state index contributed by atoms with van der Waals surface area (Å²) in [7, 11) is 0. The van der Waals surface area contributed by atoms with Gasteiger partial charge in [-0.2, -0.15) is 0 Å². The van der Waals surface area contributed by atoms with Gasteiger partial charge in [0.25, 0.3) is 0 Å². The first-order valence-electron chi connectivity index (χ1n) is 7.37. The van der Waals surface area contributed by atoms with E-state index in [0.29, 0.717) is 11.1 Å². The van der Waals surface area contributed by atoms with Crippen LogP contribution in [0.5, 0.6) is 0 Å². The van der Waals surface area contributed by atoms with Crippen molar-refractivity contribution in [3.8, 4) is 0 Å². The Morgan fingerprint density at radius 2 is 1.67 bits per heavy atom. The molecule has 0 unspecified atom stereocenters. The van der Waals surface area contributed by atoms with E-state index in [2.05, 4.69) is 5.32 Å². The molecule has 108 valence electrons. The molecule has 1 aromatic carbocycles. The zero-order valence-electron chi connectivity index (χ0n) is 11.7. The number of allylic oxidation sites excluding steroid dienone is 2. The molecule has 0 heterocycles. The van der Waals surface area contributed by atoms with Gasteiger partial charge >= 0.3 is 0 Å². The summed E-state index contributed by atoms with van der Waals surface area (Å²) in [5, 5.41) is 2.66. The van der Waals surface area contributed by atoms with Crippen LogP contribution in [0.2, 0.25) is 0 Å². The van der Waals surface area contributed by atoms with Crippen LogP contribution in [-0.4, -0.2) is 17.5 Å². The van der Waals surface area contributed by atoms with Crippen molar-refractivity contribution in [2.75, 3.05) is 0 Å². The maximum absolute atomic E-state index is 12.3. The molecular formula is C17H17NO3. The van der Waals surface area contributed by atoms with Crippen molar-refractivity contribution in [3.05, 3.63) is 47.2 Å². The molecule has 1 N–H and O–H groups in total. The zero-order valence-corrected chi connectivity index (χ0v) is 11.7. The number of carbonyl (C=O) groups is 3. The lowest BCUT2D eigenvalue weighted by Gasteiger charge is -2.22. The van der Waals surface area contributed by atoms with Gasteiger partial charge in [0.15, 0.2) is 5.78 Å². The van der Waals surface area contributed by atoms with Crippen LogP contribution in [0.3, 0.4) is 0 Å². The lowest BCUT2D eigenvalue weighted by molar-refractivity contribution is -0.125.